The summed E-state index contributed by atoms with van der Waals surface area (Å²) in [6, 6.07) is 2.64. The molecule has 1 aliphatic rings. The highest BCUT2D eigenvalue weighted by atomic mass is 35.5. The van der Waals surface area contributed by atoms with Crippen molar-refractivity contribution in [2.75, 3.05) is 0 Å². The lowest BCUT2D eigenvalue weighted by Gasteiger charge is -2.36. The van der Waals surface area contributed by atoms with Crippen LogP contribution in [-0.2, 0) is 6.42 Å². The highest BCUT2D eigenvalue weighted by molar-refractivity contribution is 7.16. The highest BCUT2D eigenvalue weighted by Gasteiger charge is 2.32. The predicted octanol–water partition coefficient (Wildman–Crippen LogP) is 5.19. The van der Waals surface area contributed by atoms with Crippen molar-refractivity contribution in [3.05, 3.63) is 20.8 Å². The zero-order valence-electron chi connectivity index (χ0n) is 12.1. The molecule has 0 fully saturated rings. The molecule has 1 nitrogen and oxygen atoms in total. The molecule has 0 aromatic carbocycles. The zero-order chi connectivity index (χ0) is 13.6. The lowest BCUT2D eigenvalue weighted by molar-refractivity contribution is 0.222. The minimum atomic E-state index is 0.166. The maximum atomic E-state index is 6.11. The van der Waals surface area contributed by atoms with Gasteiger partial charge >= 0.3 is 0 Å². The molecule has 1 atom stereocenters. The van der Waals surface area contributed by atoms with Crippen molar-refractivity contribution in [2.45, 2.75) is 65.5 Å². The normalized spacial score (nSPS) is 20.2. The van der Waals surface area contributed by atoms with Crippen LogP contribution in [0.3, 0.4) is 0 Å². The second kappa shape index (κ2) is 4.81. The van der Waals surface area contributed by atoms with Crippen LogP contribution in [0, 0.1) is 5.41 Å². The van der Waals surface area contributed by atoms with Crippen molar-refractivity contribution in [1.82, 2.24) is 5.32 Å². The Bertz CT molecular complexity index is 428. The first kappa shape index (κ1) is 14.4. The summed E-state index contributed by atoms with van der Waals surface area (Å²) in [5.74, 6) is 0. The van der Waals surface area contributed by atoms with Gasteiger partial charge in [0.05, 0.1) is 4.34 Å². The Hall–Kier alpha value is -0.0500. The van der Waals surface area contributed by atoms with Gasteiger partial charge in [0.2, 0.25) is 0 Å². The Morgan fingerprint density at radius 3 is 2.61 bits per heavy atom. The van der Waals surface area contributed by atoms with E-state index in [1.807, 2.05) is 0 Å². The van der Waals surface area contributed by atoms with Gasteiger partial charge in [-0.1, -0.05) is 32.4 Å². The molecule has 2 rings (SSSR count). The van der Waals surface area contributed by atoms with Crippen molar-refractivity contribution in [3.8, 4) is 0 Å². The maximum Gasteiger partial charge on any atom is 0.0934 e. The van der Waals surface area contributed by atoms with Crippen LogP contribution >= 0.6 is 22.9 Å². The summed E-state index contributed by atoms with van der Waals surface area (Å²) in [6.07, 6.45) is 3.56. The van der Waals surface area contributed by atoms with Crippen LogP contribution < -0.4 is 5.32 Å². The van der Waals surface area contributed by atoms with Crippen molar-refractivity contribution < 1.29 is 0 Å². The van der Waals surface area contributed by atoms with Crippen molar-refractivity contribution >= 4 is 22.9 Å². The predicted molar refractivity (Wildman–Crippen MR) is 81.7 cm³/mol. The third-order valence-electron chi connectivity index (χ3n) is 3.38. The smallest absolute Gasteiger partial charge is 0.0934 e. The van der Waals surface area contributed by atoms with Crippen LogP contribution in [0.25, 0.3) is 0 Å². The Morgan fingerprint density at radius 2 is 2.00 bits per heavy atom. The summed E-state index contributed by atoms with van der Waals surface area (Å²) in [4.78, 5) is 1.48. The summed E-state index contributed by atoms with van der Waals surface area (Å²) in [7, 11) is 0. The second-order valence-corrected chi connectivity index (χ2v) is 9.05. The Morgan fingerprint density at radius 1 is 1.33 bits per heavy atom. The van der Waals surface area contributed by atoms with Gasteiger partial charge in [0.25, 0.3) is 0 Å². The van der Waals surface area contributed by atoms with E-state index >= 15 is 0 Å². The second-order valence-electron chi connectivity index (χ2n) is 7.29. The van der Waals surface area contributed by atoms with Gasteiger partial charge in [0.1, 0.15) is 0 Å². The van der Waals surface area contributed by atoms with E-state index in [-0.39, 0.29) is 5.54 Å². The van der Waals surface area contributed by atoms with Crippen LogP contribution in [-0.4, -0.2) is 5.54 Å². The quantitative estimate of drug-likeness (QED) is 0.805. The summed E-state index contributed by atoms with van der Waals surface area (Å²) < 4.78 is 0.931. The van der Waals surface area contributed by atoms with Gasteiger partial charge in [0, 0.05) is 16.5 Å². The lowest BCUT2D eigenvalue weighted by Crippen LogP contribution is -2.43. The number of hydrogen-bond acceptors (Lipinski definition) is 2. The minimum absolute atomic E-state index is 0.166. The van der Waals surface area contributed by atoms with E-state index in [1.54, 1.807) is 11.3 Å². The van der Waals surface area contributed by atoms with E-state index in [4.69, 9.17) is 11.6 Å². The van der Waals surface area contributed by atoms with Crippen LogP contribution in [0.4, 0.5) is 0 Å². The molecule has 1 aromatic rings. The number of thiophene rings is 1. The highest BCUT2D eigenvalue weighted by Crippen LogP contribution is 2.41. The molecular formula is C15H24ClNS. The fourth-order valence-corrected chi connectivity index (χ4v) is 4.69. The maximum absolute atomic E-state index is 6.11. The summed E-state index contributed by atoms with van der Waals surface area (Å²) in [6.45, 7) is 11.5. The molecule has 0 saturated carbocycles. The summed E-state index contributed by atoms with van der Waals surface area (Å²) >= 11 is 7.86. The number of hydrogen-bond donors (Lipinski definition) is 1. The zero-order valence-corrected chi connectivity index (χ0v) is 13.6. The Balaban J connectivity index is 2.06. The Labute approximate surface area is 120 Å². The van der Waals surface area contributed by atoms with Crippen LogP contribution in [0.5, 0.6) is 0 Å². The first-order chi connectivity index (χ1) is 8.16. The molecule has 0 amide bonds. The molecule has 0 aliphatic heterocycles. The molecule has 3 heteroatoms. The fraction of sp³-hybridized carbons (Fsp3) is 0.733. The van der Waals surface area contributed by atoms with Crippen LogP contribution in [0.2, 0.25) is 4.34 Å². The molecule has 0 saturated heterocycles. The third-order valence-corrected chi connectivity index (χ3v) is 4.72. The number of fused-ring (bicyclic) bond motifs is 1. The van der Waals surface area contributed by atoms with Gasteiger partial charge in [0.15, 0.2) is 0 Å². The van der Waals surface area contributed by atoms with Crippen LogP contribution in [0.15, 0.2) is 6.07 Å². The van der Waals surface area contributed by atoms with E-state index < -0.39 is 0 Å². The van der Waals surface area contributed by atoms with Gasteiger partial charge in [-0.25, -0.2) is 0 Å². The van der Waals surface area contributed by atoms with E-state index in [1.165, 1.54) is 29.7 Å². The van der Waals surface area contributed by atoms with Gasteiger partial charge in [-0.2, -0.15) is 0 Å². The van der Waals surface area contributed by atoms with Gasteiger partial charge in [-0.05, 0) is 50.2 Å². The molecule has 1 unspecified atom stereocenters. The first-order valence-corrected chi connectivity index (χ1v) is 7.92. The topological polar surface area (TPSA) is 12.0 Å². The molecule has 0 radical (unpaired) electrons. The fourth-order valence-electron chi connectivity index (χ4n) is 3.33. The number of halogens is 1. The third kappa shape index (κ3) is 3.49. The molecule has 1 aromatic heterocycles. The van der Waals surface area contributed by atoms with E-state index in [0.29, 0.717) is 11.5 Å². The van der Waals surface area contributed by atoms with Gasteiger partial charge < -0.3 is 5.32 Å². The molecule has 102 valence electrons. The number of nitrogens with one attached hydrogen (secondary N) is 1. The van der Waals surface area contributed by atoms with Gasteiger partial charge in [-0.15, -0.1) is 11.3 Å². The van der Waals surface area contributed by atoms with E-state index in [0.717, 1.165) is 4.34 Å². The molecule has 1 heterocycles. The molecule has 1 N–H and O–H groups in total. The van der Waals surface area contributed by atoms with Crippen molar-refractivity contribution in [3.63, 3.8) is 0 Å². The first-order valence-electron chi connectivity index (χ1n) is 6.72. The van der Waals surface area contributed by atoms with Crippen molar-refractivity contribution in [2.24, 2.45) is 5.41 Å². The molecular weight excluding hydrogens is 262 g/mol. The molecule has 18 heavy (non-hydrogen) atoms. The SMILES string of the molecule is CC(C)(C)CC(C)(C)NC1CCc2sc(Cl)cc21. The number of aryl methyl sites for hydroxylation is 1. The lowest BCUT2D eigenvalue weighted by atomic mass is 9.81. The molecule has 0 spiro atoms. The molecule has 1 aliphatic carbocycles. The van der Waals surface area contributed by atoms with E-state index in [9.17, 15) is 0 Å². The summed E-state index contributed by atoms with van der Waals surface area (Å²) in [5.41, 5.74) is 1.95. The van der Waals surface area contributed by atoms with Gasteiger partial charge in [-0.3, -0.25) is 0 Å². The summed E-state index contributed by atoms with van der Waals surface area (Å²) in [5, 5.41) is 3.83. The minimum Gasteiger partial charge on any atom is -0.305 e. The molecule has 0 bridgehead atoms. The average Bonchev–Trinajstić information content (AvgIpc) is 2.62. The van der Waals surface area contributed by atoms with Crippen molar-refractivity contribution in [1.29, 1.82) is 0 Å². The largest absolute Gasteiger partial charge is 0.305 e. The average molecular weight is 286 g/mol. The monoisotopic (exact) mass is 285 g/mol. The van der Waals surface area contributed by atoms with E-state index in [2.05, 4.69) is 46.0 Å². The standard InChI is InChI=1S/C15H24ClNS/c1-14(2,3)9-15(4,5)17-11-6-7-12-10(11)8-13(16)18-12/h8,11,17H,6-7,9H2,1-5H3. The Kier molecular flexibility index (Phi) is 3.84. The number of rotatable bonds is 3. The van der Waals surface area contributed by atoms with Crippen LogP contribution in [0.1, 0.15) is 63.9 Å².